The minimum absolute atomic E-state index is 0.453. The number of nitrogens with one attached hydrogen (secondary N) is 2. The van der Waals surface area contributed by atoms with Gasteiger partial charge in [-0.1, -0.05) is 25.1 Å². The van der Waals surface area contributed by atoms with Crippen LogP contribution in [-0.2, 0) is 0 Å². The average Bonchev–Trinajstić information content (AvgIpc) is 3.20. The SMILES string of the molecule is CCN1CCN(CCCCNC(=NC)NCC(O)c2cc3ccccc3s2)CC1. The number of aliphatic hydroxyl groups is 1. The number of aliphatic imine (C=N–C) groups is 1. The minimum atomic E-state index is -0.535. The number of benzene rings is 1. The molecular weight excluding hydrogens is 382 g/mol. The van der Waals surface area contributed by atoms with Crippen molar-refractivity contribution in [1.29, 1.82) is 0 Å². The standard InChI is InChI=1S/C22H35N5OS/c1-3-26-12-14-27(15-13-26)11-7-6-10-24-22(23-2)25-17-19(28)21-16-18-8-4-5-9-20(18)29-21/h4-5,8-9,16,19,28H,3,6-7,10-15,17H2,1-2H3,(H2,23,24,25). The van der Waals surface area contributed by atoms with E-state index in [-0.39, 0.29) is 0 Å². The molecule has 3 N–H and O–H groups in total. The molecule has 7 heteroatoms. The average molecular weight is 418 g/mol. The van der Waals surface area contributed by atoms with Crippen LogP contribution >= 0.6 is 11.3 Å². The topological polar surface area (TPSA) is 63.1 Å². The maximum atomic E-state index is 10.5. The maximum absolute atomic E-state index is 10.5. The van der Waals surface area contributed by atoms with E-state index in [4.69, 9.17) is 0 Å². The molecule has 1 unspecified atom stereocenters. The van der Waals surface area contributed by atoms with Crippen molar-refractivity contribution in [2.24, 2.45) is 4.99 Å². The summed E-state index contributed by atoms with van der Waals surface area (Å²) in [7, 11) is 1.77. The third-order valence-electron chi connectivity index (χ3n) is 5.57. The summed E-state index contributed by atoms with van der Waals surface area (Å²) in [4.78, 5) is 10.3. The molecule has 0 saturated carbocycles. The van der Waals surface area contributed by atoms with Crippen molar-refractivity contribution in [2.45, 2.75) is 25.9 Å². The van der Waals surface area contributed by atoms with E-state index >= 15 is 0 Å². The van der Waals surface area contributed by atoms with Crippen LogP contribution in [0.2, 0.25) is 0 Å². The largest absolute Gasteiger partial charge is 0.386 e. The Balaban J connectivity index is 1.31. The van der Waals surface area contributed by atoms with Crippen molar-refractivity contribution in [3.8, 4) is 0 Å². The summed E-state index contributed by atoms with van der Waals surface area (Å²) < 4.78 is 1.21. The molecule has 0 spiro atoms. The van der Waals surface area contributed by atoms with E-state index in [1.165, 1.54) is 55.8 Å². The predicted molar refractivity (Wildman–Crippen MR) is 124 cm³/mol. The van der Waals surface area contributed by atoms with E-state index in [9.17, 15) is 5.11 Å². The van der Waals surface area contributed by atoms with Crippen molar-refractivity contribution in [3.63, 3.8) is 0 Å². The van der Waals surface area contributed by atoms with Crippen LogP contribution in [0.15, 0.2) is 35.3 Å². The zero-order valence-electron chi connectivity index (χ0n) is 17.7. The van der Waals surface area contributed by atoms with E-state index < -0.39 is 6.10 Å². The third-order valence-corrected chi connectivity index (χ3v) is 6.78. The van der Waals surface area contributed by atoms with Crippen LogP contribution in [0, 0.1) is 0 Å². The van der Waals surface area contributed by atoms with Crippen molar-refractivity contribution in [2.75, 3.05) is 59.4 Å². The Morgan fingerprint density at radius 2 is 1.90 bits per heavy atom. The molecule has 1 saturated heterocycles. The molecule has 1 atom stereocenters. The van der Waals surface area contributed by atoms with Crippen molar-refractivity contribution in [3.05, 3.63) is 35.2 Å². The first-order valence-electron chi connectivity index (χ1n) is 10.8. The number of unbranched alkanes of at least 4 members (excludes halogenated alkanes) is 1. The van der Waals surface area contributed by atoms with Crippen LogP contribution in [0.25, 0.3) is 10.1 Å². The van der Waals surface area contributed by atoms with Gasteiger partial charge in [0.05, 0.1) is 0 Å². The van der Waals surface area contributed by atoms with Gasteiger partial charge >= 0.3 is 0 Å². The van der Waals surface area contributed by atoms with E-state index in [0.717, 1.165) is 23.8 Å². The predicted octanol–water partition coefficient (Wildman–Crippen LogP) is 2.52. The quantitative estimate of drug-likeness (QED) is 0.332. The van der Waals surface area contributed by atoms with E-state index in [1.54, 1.807) is 18.4 Å². The molecule has 0 bridgehead atoms. The second kappa shape index (κ2) is 11.5. The number of guanidine groups is 1. The zero-order chi connectivity index (χ0) is 20.5. The van der Waals surface area contributed by atoms with Gasteiger partial charge in [0.15, 0.2) is 5.96 Å². The molecule has 0 radical (unpaired) electrons. The Labute approximate surface area is 178 Å². The highest BCUT2D eigenvalue weighted by Crippen LogP contribution is 2.29. The normalized spacial score (nSPS) is 17.6. The number of nitrogens with zero attached hydrogens (tertiary/aromatic N) is 3. The van der Waals surface area contributed by atoms with Gasteiger partial charge in [0.1, 0.15) is 6.10 Å². The number of aliphatic hydroxyl groups excluding tert-OH is 1. The number of thiophene rings is 1. The van der Waals surface area contributed by atoms with Gasteiger partial charge in [-0.2, -0.15) is 0 Å². The van der Waals surface area contributed by atoms with Gasteiger partial charge < -0.3 is 25.5 Å². The Morgan fingerprint density at radius 3 is 2.62 bits per heavy atom. The molecule has 3 rings (SSSR count). The smallest absolute Gasteiger partial charge is 0.191 e. The summed E-state index contributed by atoms with van der Waals surface area (Å²) in [6.07, 6.45) is 1.78. The number of hydrogen-bond donors (Lipinski definition) is 3. The van der Waals surface area contributed by atoms with Crippen LogP contribution in [0.1, 0.15) is 30.7 Å². The molecule has 1 aliphatic rings. The molecule has 2 heterocycles. The van der Waals surface area contributed by atoms with Gasteiger partial charge in [0.2, 0.25) is 0 Å². The van der Waals surface area contributed by atoms with Crippen LogP contribution in [-0.4, -0.2) is 80.3 Å². The van der Waals surface area contributed by atoms with E-state index in [0.29, 0.717) is 6.54 Å². The number of hydrogen-bond acceptors (Lipinski definition) is 5. The van der Waals surface area contributed by atoms with Crippen molar-refractivity contribution in [1.82, 2.24) is 20.4 Å². The molecule has 1 aliphatic heterocycles. The highest BCUT2D eigenvalue weighted by atomic mass is 32.1. The van der Waals surface area contributed by atoms with Gasteiger partial charge in [0, 0.05) is 55.9 Å². The lowest BCUT2D eigenvalue weighted by Crippen LogP contribution is -2.46. The highest BCUT2D eigenvalue weighted by molar-refractivity contribution is 7.19. The van der Waals surface area contributed by atoms with Crippen LogP contribution in [0.4, 0.5) is 0 Å². The second-order valence-electron chi connectivity index (χ2n) is 7.57. The summed E-state index contributed by atoms with van der Waals surface area (Å²) in [6, 6.07) is 10.3. The van der Waals surface area contributed by atoms with Crippen LogP contribution in [0.3, 0.4) is 0 Å². The van der Waals surface area contributed by atoms with E-state index in [1.807, 2.05) is 12.1 Å². The summed E-state index contributed by atoms with van der Waals surface area (Å²) in [6.45, 7) is 10.7. The number of fused-ring (bicyclic) bond motifs is 1. The number of likely N-dealkylation sites (N-methyl/N-ethyl adjacent to an activating group) is 1. The van der Waals surface area contributed by atoms with Gasteiger partial charge in [-0.15, -0.1) is 11.3 Å². The molecule has 1 aromatic heterocycles. The summed E-state index contributed by atoms with van der Waals surface area (Å²) in [5.41, 5.74) is 0. The molecule has 0 aliphatic carbocycles. The fourth-order valence-electron chi connectivity index (χ4n) is 3.68. The van der Waals surface area contributed by atoms with Crippen LogP contribution < -0.4 is 10.6 Å². The first kappa shape index (κ1) is 22.0. The lowest BCUT2D eigenvalue weighted by molar-refractivity contribution is 0.136. The summed E-state index contributed by atoms with van der Waals surface area (Å²) >= 11 is 1.65. The Bertz CT molecular complexity index is 736. The Hall–Kier alpha value is -1.67. The monoisotopic (exact) mass is 417 g/mol. The molecule has 6 nitrogen and oxygen atoms in total. The second-order valence-corrected chi connectivity index (χ2v) is 8.68. The van der Waals surface area contributed by atoms with Crippen molar-refractivity contribution >= 4 is 27.4 Å². The number of rotatable bonds is 9. The van der Waals surface area contributed by atoms with Gasteiger partial charge in [-0.25, -0.2) is 0 Å². The van der Waals surface area contributed by atoms with Gasteiger partial charge in [-0.05, 0) is 43.5 Å². The fraction of sp³-hybridized carbons (Fsp3) is 0.591. The lowest BCUT2D eigenvalue weighted by atomic mass is 10.2. The molecule has 1 aromatic carbocycles. The summed E-state index contributed by atoms with van der Waals surface area (Å²) in [5.74, 6) is 0.752. The molecule has 2 aromatic rings. The van der Waals surface area contributed by atoms with Crippen molar-refractivity contribution < 1.29 is 5.11 Å². The zero-order valence-corrected chi connectivity index (χ0v) is 18.5. The molecular formula is C22H35N5OS. The maximum Gasteiger partial charge on any atom is 0.191 e. The van der Waals surface area contributed by atoms with Gasteiger partial charge in [0.25, 0.3) is 0 Å². The Kier molecular flexibility index (Phi) is 8.73. The fourth-order valence-corrected chi connectivity index (χ4v) is 4.73. The Morgan fingerprint density at radius 1 is 1.14 bits per heavy atom. The first-order chi connectivity index (χ1) is 14.2. The first-order valence-corrected chi connectivity index (χ1v) is 11.6. The molecule has 29 heavy (non-hydrogen) atoms. The number of piperazine rings is 1. The molecule has 1 fully saturated rings. The van der Waals surface area contributed by atoms with E-state index in [2.05, 4.69) is 50.5 Å². The highest BCUT2D eigenvalue weighted by Gasteiger charge is 2.15. The molecule has 0 amide bonds. The van der Waals surface area contributed by atoms with Gasteiger partial charge in [-0.3, -0.25) is 4.99 Å². The lowest BCUT2D eigenvalue weighted by Gasteiger charge is -2.34. The third kappa shape index (κ3) is 6.67. The van der Waals surface area contributed by atoms with Crippen LogP contribution in [0.5, 0.6) is 0 Å². The molecule has 160 valence electrons. The summed E-state index contributed by atoms with van der Waals surface area (Å²) in [5, 5.41) is 18.3. The minimum Gasteiger partial charge on any atom is -0.386 e.